The van der Waals surface area contributed by atoms with Crippen LogP contribution in [-0.4, -0.2) is 6.71 Å². The molecule has 2 heterocycles. The number of benzene rings is 5. The number of rotatable bonds is 2. The molecule has 0 aliphatic carbocycles. The van der Waals surface area contributed by atoms with Crippen LogP contribution in [0.3, 0.4) is 0 Å². The van der Waals surface area contributed by atoms with Gasteiger partial charge in [-0.25, -0.2) is 0 Å². The number of aryl methyl sites for hydroxylation is 1. The van der Waals surface area contributed by atoms with E-state index in [2.05, 4.69) is 127 Å². The maximum Gasteiger partial charge on any atom is 0.256 e. The molecule has 7 rings (SSSR count). The van der Waals surface area contributed by atoms with Crippen LogP contribution < -0.4 is 26.0 Å². The van der Waals surface area contributed by atoms with Crippen molar-refractivity contribution in [2.24, 2.45) is 0 Å². The van der Waals surface area contributed by atoms with E-state index in [0.29, 0.717) is 0 Å². The molecular weight excluding hydrogens is 413 g/mol. The van der Waals surface area contributed by atoms with Gasteiger partial charge in [-0.15, -0.1) is 0 Å². The van der Waals surface area contributed by atoms with Crippen molar-refractivity contribution in [3.63, 3.8) is 0 Å². The van der Waals surface area contributed by atoms with E-state index in [1.807, 2.05) is 0 Å². The smallest absolute Gasteiger partial charge is 0.256 e. The Balaban J connectivity index is 1.49. The van der Waals surface area contributed by atoms with E-state index in [9.17, 15) is 0 Å². The van der Waals surface area contributed by atoms with Crippen LogP contribution in [-0.2, 0) is 0 Å². The summed E-state index contributed by atoms with van der Waals surface area (Å²) in [5, 5.41) is 0. The molecule has 0 radical (unpaired) electrons. The van der Waals surface area contributed by atoms with Gasteiger partial charge in [0.05, 0.1) is 0 Å². The number of ether oxygens (including phenoxy) is 1. The second kappa shape index (κ2) is 7.39. The van der Waals surface area contributed by atoms with Crippen molar-refractivity contribution in [1.82, 2.24) is 0 Å². The van der Waals surface area contributed by atoms with Crippen LogP contribution in [0.25, 0.3) is 11.1 Å². The summed E-state index contributed by atoms with van der Waals surface area (Å²) < 4.78 is 6.64. The molecule has 3 heteroatoms. The van der Waals surface area contributed by atoms with Crippen molar-refractivity contribution in [2.75, 3.05) is 4.90 Å². The summed E-state index contributed by atoms with van der Waals surface area (Å²) in [7, 11) is 0. The zero-order chi connectivity index (χ0) is 22.6. The predicted octanol–water partition coefficient (Wildman–Crippen LogP) is 6.07. The average Bonchev–Trinajstić information content (AvgIpc) is 2.89. The molecule has 0 saturated heterocycles. The summed E-state index contributed by atoms with van der Waals surface area (Å²) in [5.74, 6) is 1.89. The Hall–Kier alpha value is -4.24. The number of anilines is 3. The lowest BCUT2D eigenvalue weighted by atomic mass is 9.33. The van der Waals surface area contributed by atoms with Crippen molar-refractivity contribution >= 4 is 40.2 Å². The molecule has 0 fully saturated rings. The third-order valence-electron chi connectivity index (χ3n) is 7.04. The number of hydrogen-bond acceptors (Lipinski definition) is 2. The van der Waals surface area contributed by atoms with Crippen LogP contribution in [0, 0.1) is 6.92 Å². The van der Waals surface area contributed by atoms with Crippen LogP contribution >= 0.6 is 0 Å². The van der Waals surface area contributed by atoms with Gasteiger partial charge in [0.1, 0.15) is 11.5 Å². The first-order valence-corrected chi connectivity index (χ1v) is 11.7. The minimum absolute atomic E-state index is 0.135. The Morgan fingerprint density at radius 3 is 2.12 bits per heavy atom. The quantitative estimate of drug-likeness (QED) is 0.306. The summed E-state index contributed by atoms with van der Waals surface area (Å²) in [6, 6.07) is 40.9. The van der Waals surface area contributed by atoms with Crippen molar-refractivity contribution < 1.29 is 4.74 Å². The van der Waals surface area contributed by atoms with E-state index in [1.165, 1.54) is 44.5 Å². The lowest BCUT2D eigenvalue weighted by Gasteiger charge is -2.40. The van der Waals surface area contributed by atoms with Crippen LogP contribution in [0.5, 0.6) is 11.5 Å². The van der Waals surface area contributed by atoms with Crippen molar-refractivity contribution in [3.05, 3.63) is 121 Å². The monoisotopic (exact) mass is 435 g/mol. The highest BCUT2D eigenvalue weighted by Gasteiger charge is 2.42. The molecule has 0 bridgehead atoms. The fraction of sp³-hybridized carbons (Fsp3) is 0.0323. The maximum absolute atomic E-state index is 6.64. The molecule has 0 unspecified atom stereocenters. The summed E-state index contributed by atoms with van der Waals surface area (Å²) in [5.41, 5.74) is 11.0. The Labute approximate surface area is 200 Å². The zero-order valence-corrected chi connectivity index (χ0v) is 18.9. The molecule has 0 saturated carbocycles. The van der Waals surface area contributed by atoms with Gasteiger partial charge in [-0.05, 0) is 70.8 Å². The van der Waals surface area contributed by atoms with E-state index in [1.54, 1.807) is 0 Å². The largest absolute Gasteiger partial charge is 0.458 e. The number of hydrogen-bond donors (Lipinski definition) is 0. The van der Waals surface area contributed by atoms with E-state index < -0.39 is 0 Å². The van der Waals surface area contributed by atoms with E-state index in [4.69, 9.17) is 4.74 Å². The topological polar surface area (TPSA) is 12.5 Å². The Morgan fingerprint density at radius 2 is 1.29 bits per heavy atom. The van der Waals surface area contributed by atoms with Gasteiger partial charge in [-0.1, -0.05) is 84.4 Å². The van der Waals surface area contributed by atoms with Crippen LogP contribution in [0.15, 0.2) is 115 Å². The van der Waals surface area contributed by atoms with Gasteiger partial charge in [0.2, 0.25) is 0 Å². The Bertz CT molecular complexity index is 1550. The first-order valence-electron chi connectivity index (χ1n) is 11.7. The Morgan fingerprint density at radius 1 is 0.588 bits per heavy atom. The number of para-hydroxylation sites is 2. The zero-order valence-electron chi connectivity index (χ0n) is 18.9. The third kappa shape index (κ3) is 2.77. The molecule has 5 aromatic carbocycles. The molecule has 5 aromatic rings. The second-order valence-electron chi connectivity index (χ2n) is 9.02. The van der Waals surface area contributed by atoms with Crippen LogP contribution in [0.2, 0.25) is 0 Å². The summed E-state index contributed by atoms with van der Waals surface area (Å²) >= 11 is 0. The van der Waals surface area contributed by atoms with Crippen molar-refractivity contribution in [2.45, 2.75) is 6.92 Å². The van der Waals surface area contributed by atoms with Gasteiger partial charge in [0, 0.05) is 17.1 Å². The van der Waals surface area contributed by atoms with Gasteiger partial charge in [0.15, 0.2) is 0 Å². The molecule has 0 atom stereocenters. The summed E-state index contributed by atoms with van der Waals surface area (Å²) in [4.78, 5) is 2.37. The van der Waals surface area contributed by atoms with Crippen LogP contribution in [0.1, 0.15) is 5.56 Å². The molecule has 34 heavy (non-hydrogen) atoms. The molecule has 0 amide bonds. The van der Waals surface area contributed by atoms with Crippen LogP contribution in [0.4, 0.5) is 17.1 Å². The van der Waals surface area contributed by atoms with E-state index in [0.717, 1.165) is 17.2 Å². The first kappa shape index (κ1) is 19.3. The Kier molecular flexibility index (Phi) is 4.19. The summed E-state index contributed by atoms with van der Waals surface area (Å²) in [6.45, 7) is 2.35. The molecular formula is C31H22BNO. The fourth-order valence-corrected chi connectivity index (χ4v) is 5.62. The molecule has 2 aliphatic heterocycles. The van der Waals surface area contributed by atoms with E-state index in [-0.39, 0.29) is 6.71 Å². The standard InChI is InChI=1S/C31H22BNO/c1-21-19-23(22-11-4-2-5-12-22)20-29-30(21)32-25-15-8-9-16-26(25)33(24-13-6-3-7-14-24)27-17-10-18-28(34-29)31(27)32/h2-20H,1H3. The first-order chi connectivity index (χ1) is 16.8. The molecule has 160 valence electrons. The molecule has 0 aromatic heterocycles. The van der Waals surface area contributed by atoms with Gasteiger partial charge in [0.25, 0.3) is 6.71 Å². The molecule has 2 nitrogen and oxygen atoms in total. The van der Waals surface area contributed by atoms with Crippen molar-refractivity contribution in [1.29, 1.82) is 0 Å². The van der Waals surface area contributed by atoms with Gasteiger partial charge in [-0.2, -0.15) is 0 Å². The lowest BCUT2D eigenvalue weighted by molar-refractivity contribution is 0.487. The SMILES string of the molecule is Cc1cc(-c2ccccc2)cc2c1B1c3ccccc3N(c3ccccc3)c3cccc(c31)O2. The third-order valence-corrected chi connectivity index (χ3v) is 7.04. The van der Waals surface area contributed by atoms with E-state index >= 15 is 0 Å². The minimum Gasteiger partial charge on any atom is -0.458 e. The van der Waals surface area contributed by atoms with Gasteiger partial charge in [-0.3, -0.25) is 0 Å². The average molecular weight is 435 g/mol. The number of nitrogens with zero attached hydrogens (tertiary/aromatic N) is 1. The highest BCUT2D eigenvalue weighted by molar-refractivity contribution is 6.99. The van der Waals surface area contributed by atoms with Gasteiger partial charge >= 0.3 is 0 Å². The molecule has 2 aliphatic rings. The maximum atomic E-state index is 6.64. The molecule has 0 spiro atoms. The predicted molar refractivity (Wildman–Crippen MR) is 142 cm³/mol. The molecule has 0 N–H and O–H groups in total. The minimum atomic E-state index is 0.135. The van der Waals surface area contributed by atoms with Gasteiger partial charge < -0.3 is 9.64 Å². The van der Waals surface area contributed by atoms with Crippen molar-refractivity contribution in [3.8, 4) is 22.6 Å². The normalized spacial score (nSPS) is 13.0. The second-order valence-corrected chi connectivity index (χ2v) is 9.02. The highest BCUT2D eigenvalue weighted by atomic mass is 16.5. The highest BCUT2D eigenvalue weighted by Crippen LogP contribution is 2.41. The fourth-order valence-electron chi connectivity index (χ4n) is 5.62. The lowest BCUT2D eigenvalue weighted by Crippen LogP contribution is -2.60. The number of fused-ring (bicyclic) bond motifs is 4. The summed E-state index contributed by atoms with van der Waals surface area (Å²) in [6.07, 6.45) is 0.